The summed E-state index contributed by atoms with van der Waals surface area (Å²) in [6, 6.07) is 6.16. The van der Waals surface area contributed by atoms with E-state index in [2.05, 4.69) is 4.98 Å². The Balaban J connectivity index is 2.58. The molecule has 0 bridgehead atoms. The third kappa shape index (κ3) is 2.85. The Labute approximate surface area is 109 Å². The fourth-order valence-electron chi connectivity index (χ4n) is 1.65. The molecule has 0 atom stereocenters. The Morgan fingerprint density at radius 1 is 1.15 bits per heavy atom. The Kier molecular flexibility index (Phi) is 3.31. The third-order valence-corrected chi connectivity index (χ3v) is 2.54. The fourth-order valence-corrected chi connectivity index (χ4v) is 1.65. The van der Waals surface area contributed by atoms with Gasteiger partial charge in [-0.15, -0.1) is 0 Å². The lowest BCUT2D eigenvalue weighted by atomic mass is 10.1. The van der Waals surface area contributed by atoms with Crippen LogP contribution in [0.25, 0.3) is 11.3 Å². The maximum Gasteiger partial charge on any atom is 0.416 e. The fraction of sp³-hybridized carbons (Fsp3) is 0.0833. The van der Waals surface area contributed by atoms with Crippen molar-refractivity contribution in [3.63, 3.8) is 0 Å². The largest absolute Gasteiger partial charge is 0.416 e. The van der Waals surface area contributed by atoms with Gasteiger partial charge in [-0.3, -0.25) is 14.9 Å². The summed E-state index contributed by atoms with van der Waals surface area (Å²) in [6.45, 7) is 0. The average molecular weight is 284 g/mol. The molecule has 5 nitrogen and oxygen atoms in total. The molecule has 0 spiro atoms. The van der Waals surface area contributed by atoms with Crippen LogP contribution in [0.1, 0.15) is 5.56 Å². The molecule has 0 saturated carbocycles. The van der Waals surface area contributed by atoms with Gasteiger partial charge in [0.15, 0.2) is 0 Å². The number of alkyl halides is 3. The number of hydrogen-bond acceptors (Lipinski definition) is 3. The number of halogens is 3. The molecule has 0 saturated heterocycles. The van der Waals surface area contributed by atoms with Crippen LogP contribution in [0.3, 0.4) is 0 Å². The lowest BCUT2D eigenvalue weighted by Crippen LogP contribution is -2.13. The van der Waals surface area contributed by atoms with E-state index in [1.807, 2.05) is 0 Å². The topological polar surface area (TPSA) is 76.0 Å². The van der Waals surface area contributed by atoms with E-state index in [1.165, 1.54) is 18.2 Å². The normalized spacial score (nSPS) is 11.3. The van der Waals surface area contributed by atoms with Crippen LogP contribution in [-0.2, 0) is 6.18 Å². The van der Waals surface area contributed by atoms with Crippen molar-refractivity contribution in [1.82, 2.24) is 4.98 Å². The van der Waals surface area contributed by atoms with E-state index in [4.69, 9.17) is 0 Å². The highest BCUT2D eigenvalue weighted by atomic mass is 19.4. The summed E-state index contributed by atoms with van der Waals surface area (Å²) in [5, 5.41) is 10.6. The van der Waals surface area contributed by atoms with Gasteiger partial charge in [0.1, 0.15) is 0 Å². The standard InChI is InChI=1S/C12H7F3N2O3/c13-12(14,15)8-5-10(16-11(18)6-8)7-2-1-3-9(4-7)17(19)20/h1-6H,(H,16,18). The lowest BCUT2D eigenvalue weighted by Gasteiger charge is -2.08. The van der Waals surface area contributed by atoms with Crippen LogP contribution in [0, 0.1) is 10.1 Å². The first-order chi connectivity index (χ1) is 9.27. The highest BCUT2D eigenvalue weighted by Gasteiger charge is 2.31. The molecule has 0 fully saturated rings. The van der Waals surface area contributed by atoms with Crippen molar-refractivity contribution in [2.45, 2.75) is 6.18 Å². The monoisotopic (exact) mass is 284 g/mol. The molecule has 104 valence electrons. The Hall–Kier alpha value is -2.64. The van der Waals surface area contributed by atoms with E-state index in [9.17, 15) is 28.1 Å². The Morgan fingerprint density at radius 3 is 2.45 bits per heavy atom. The molecule has 2 rings (SSSR count). The van der Waals surface area contributed by atoms with Crippen molar-refractivity contribution in [1.29, 1.82) is 0 Å². The molecular formula is C12H7F3N2O3. The minimum absolute atomic E-state index is 0.127. The molecule has 2 aromatic rings. The molecule has 0 unspecified atom stereocenters. The summed E-state index contributed by atoms with van der Waals surface area (Å²) in [4.78, 5) is 23.4. The van der Waals surface area contributed by atoms with Crippen LogP contribution in [0.2, 0.25) is 0 Å². The van der Waals surface area contributed by atoms with Crippen LogP contribution in [0.15, 0.2) is 41.2 Å². The quantitative estimate of drug-likeness (QED) is 0.680. The number of H-pyrrole nitrogens is 1. The molecule has 0 aliphatic rings. The number of nitrogens with zero attached hydrogens (tertiary/aromatic N) is 1. The zero-order valence-corrected chi connectivity index (χ0v) is 9.77. The van der Waals surface area contributed by atoms with E-state index in [0.717, 1.165) is 12.1 Å². The molecule has 0 amide bonds. The SMILES string of the molecule is O=c1cc(C(F)(F)F)cc(-c2cccc([N+](=O)[O-])c2)[nH]1. The summed E-state index contributed by atoms with van der Waals surface area (Å²) in [6.07, 6.45) is -4.66. The Morgan fingerprint density at radius 2 is 1.85 bits per heavy atom. The van der Waals surface area contributed by atoms with Crippen molar-refractivity contribution in [3.8, 4) is 11.3 Å². The second kappa shape index (κ2) is 4.80. The van der Waals surface area contributed by atoms with Gasteiger partial charge in [-0.2, -0.15) is 13.2 Å². The van der Waals surface area contributed by atoms with Crippen LogP contribution in [-0.4, -0.2) is 9.91 Å². The van der Waals surface area contributed by atoms with Gasteiger partial charge in [0, 0.05) is 29.5 Å². The second-order valence-corrected chi connectivity index (χ2v) is 3.95. The third-order valence-electron chi connectivity index (χ3n) is 2.54. The minimum Gasteiger partial charge on any atom is -0.322 e. The summed E-state index contributed by atoms with van der Waals surface area (Å²) < 4.78 is 37.8. The number of hydrogen-bond donors (Lipinski definition) is 1. The number of pyridine rings is 1. The molecule has 1 aromatic heterocycles. The lowest BCUT2D eigenvalue weighted by molar-refractivity contribution is -0.384. The van der Waals surface area contributed by atoms with E-state index in [-0.39, 0.29) is 16.9 Å². The van der Waals surface area contributed by atoms with E-state index in [0.29, 0.717) is 6.07 Å². The first kappa shape index (κ1) is 13.8. The molecule has 0 aliphatic carbocycles. The number of nitro groups is 1. The van der Waals surface area contributed by atoms with Gasteiger partial charge in [-0.05, 0) is 6.07 Å². The van der Waals surface area contributed by atoms with Gasteiger partial charge < -0.3 is 4.98 Å². The van der Waals surface area contributed by atoms with Crippen molar-refractivity contribution in [2.24, 2.45) is 0 Å². The number of nitrogens with one attached hydrogen (secondary N) is 1. The van der Waals surface area contributed by atoms with Gasteiger partial charge in [-0.1, -0.05) is 12.1 Å². The second-order valence-electron chi connectivity index (χ2n) is 3.95. The van der Waals surface area contributed by atoms with Gasteiger partial charge >= 0.3 is 6.18 Å². The zero-order chi connectivity index (χ0) is 14.9. The molecule has 1 N–H and O–H groups in total. The number of nitro benzene ring substituents is 1. The first-order valence-corrected chi connectivity index (χ1v) is 5.34. The van der Waals surface area contributed by atoms with E-state index >= 15 is 0 Å². The van der Waals surface area contributed by atoms with Crippen LogP contribution in [0.5, 0.6) is 0 Å². The van der Waals surface area contributed by atoms with E-state index in [1.54, 1.807) is 0 Å². The molecule has 1 heterocycles. The first-order valence-electron chi connectivity index (χ1n) is 5.34. The number of aromatic nitrogens is 1. The smallest absolute Gasteiger partial charge is 0.322 e. The highest BCUT2D eigenvalue weighted by Crippen LogP contribution is 2.30. The molecule has 20 heavy (non-hydrogen) atoms. The molecule has 0 aliphatic heterocycles. The maximum absolute atomic E-state index is 12.6. The summed E-state index contributed by atoms with van der Waals surface area (Å²) in [5.41, 5.74) is -2.32. The number of aromatic amines is 1. The summed E-state index contributed by atoms with van der Waals surface area (Å²) >= 11 is 0. The Bertz CT molecular complexity index is 722. The van der Waals surface area contributed by atoms with Gasteiger partial charge in [-0.25, -0.2) is 0 Å². The van der Waals surface area contributed by atoms with Gasteiger partial charge in [0.2, 0.25) is 5.56 Å². The van der Waals surface area contributed by atoms with Gasteiger partial charge in [0.05, 0.1) is 10.5 Å². The predicted molar refractivity (Wildman–Crippen MR) is 64.2 cm³/mol. The predicted octanol–water partition coefficient (Wildman–Crippen LogP) is 2.97. The molecule has 0 radical (unpaired) electrons. The molecular weight excluding hydrogens is 277 g/mol. The van der Waals surface area contributed by atoms with Crippen molar-refractivity contribution in [2.75, 3.05) is 0 Å². The molecule has 1 aromatic carbocycles. The summed E-state index contributed by atoms with van der Waals surface area (Å²) in [5.74, 6) is 0. The molecule has 8 heteroatoms. The van der Waals surface area contributed by atoms with Crippen LogP contribution in [0.4, 0.5) is 18.9 Å². The maximum atomic E-state index is 12.6. The number of non-ortho nitro benzene ring substituents is 1. The highest BCUT2D eigenvalue weighted by molar-refractivity contribution is 5.63. The summed E-state index contributed by atoms with van der Waals surface area (Å²) in [7, 11) is 0. The van der Waals surface area contributed by atoms with Crippen molar-refractivity contribution in [3.05, 3.63) is 62.4 Å². The van der Waals surface area contributed by atoms with Crippen LogP contribution < -0.4 is 5.56 Å². The van der Waals surface area contributed by atoms with E-state index < -0.39 is 22.2 Å². The van der Waals surface area contributed by atoms with Crippen molar-refractivity contribution >= 4 is 5.69 Å². The van der Waals surface area contributed by atoms with Crippen molar-refractivity contribution < 1.29 is 18.1 Å². The zero-order valence-electron chi connectivity index (χ0n) is 9.77. The average Bonchev–Trinajstić information content (AvgIpc) is 2.37. The van der Waals surface area contributed by atoms with Crippen LogP contribution >= 0.6 is 0 Å². The number of rotatable bonds is 2. The van der Waals surface area contributed by atoms with Gasteiger partial charge in [0.25, 0.3) is 5.69 Å². The number of benzene rings is 1. The minimum atomic E-state index is -4.66.